The van der Waals surface area contributed by atoms with Crippen molar-refractivity contribution in [3.63, 3.8) is 0 Å². The number of aromatic nitrogens is 3. The largest absolute Gasteiger partial charge is 0.483 e. The molecular formula is C20H23FN6O2. The number of nitrogens with zero attached hydrogens (tertiary/aromatic N) is 3. The Hall–Kier alpha value is -3.88. The fourth-order valence-corrected chi connectivity index (χ4v) is 2.32. The van der Waals surface area contributed by atoms with E-state index in [1.165, 1.54) is 25.3 Å². The Morgan fingerprint density at radius 2 is 1.90 bits per heavy atom. The van der Waals surface area contributed by atoms with Gasteiger partial charge in [-0.15, -0.1) is 0 Å². The molecule has 5 N–H and O–H groups in total. The van der Waals surface area contributed by atoms with Gasteiger partial charge in [0, 0.05) is 11.6 Å². The van der Waals surface area contributed by atoms with Crippen molar-refractivity contribution in [3.8, 4) is 11.3 Å². The van der Waals surface area contributed by atoms with E-state index >= 15 is 0 Å². The highest BCUT2D eigenvalue weighted by Crippen LogP contribution is 2.21. The average Bonchev–Trinajstić information content (AvgIpc) is 3.00. The Balaban J connectivity index is 0.000000237. The van der Waals surface area contributed by atoms with Gasteiger partial charge in [0.2, 0.25) is 6.41 Å². The van der Waals surface area contributed by atoms with Crippen LogP contribution < -0.4 is 16.8 Å². The number of hydrogen-bond donors (Lipinski definition) is 3. The van der Waals surface area contributed by atoms with Gasteiger partial charge in [0.25, 0.3) is 0 Å². The number of rotatable bonds is 5. The average molecular weight is 398 g/mol. The van der Waals surface area contributed by atoms with Gasteiger partial charge in [0.15, 0.2) is 11.5 Å². The second-order valence-corrected chi connectivity index (χ2v) is 5.91. The van der Waals surface area contributed by atoms with Crippen LogP contribution >= 0.6 is 0 Å². The van der Waals surface area contributed by atoms with E-state index in [0.29, 0.717) is 17.7 Å². The number of imidazole rings is 1. The summed E-state index contributed by atoms with van der Waals surface area (Å²) in [4.78, 5) is 14.2. The standard InChI is InChI=1S/C14H12FN3.C6H11N3O2/c1-9-10(2)18-14(16-9)8-7-13(17-18)11-5-3-4-6-12(11)15;1-11-6(8)3-2-5(7)9-4-10/h3-8H,1-2H3;2-4H,7-8H2,1H3,(H,9,10)/b;5-2+,6-3+. The molecular weight excluding hydrogens is 375 g/mol. The number of aryl methyl sites for hydroxylation is 2. The molecule has 3 aromatic rings. The molecule has 0 spiro atoms. The van der Waals surface area contributed by atoms with Crippen molar-refractivity contribution in [2.75, 3.05) is 7.11 Å². The lowest BCUT2D eigenvalue weighted by Crippen LogP contribution is -2.17. The third-order valence-electron chi connectivity index (χ3n) is 3.98. The lowest BCUT2D eigenvalue weighted by atomic mass is 10.1. The van der Waals surface area contributed by atoms with Crippen molar-refractivity contribution in [2.45, 2.75) is 13.8 Å². The summed E-state index contributed by atoms with van der Waals surface area (Å²) in [6.45, 7) is 3.89. The second-order valence-electron chi connectivity index (χ2n) is 5.91. The highest BCUT2D eigenvalue weighted by Gasteiger charge is 2.09. The van der Waals surface area contributed by atoms with Gasteiger partial charge in [0.05, 0.1) is 24.2 Å². The van der Waals surface area contributed by atoms with Gasteiger partial charge in [-0.3, -0.25) is 4.79 Å². The molecule has 0 saturated heterocycles. The minimum atomic E-state index is -0.265. The van der Waals surface area contributed by atoms with Crippen LogP contribution in [0, 0.1) is 19.7 Å². The predicted molar refractivity (Wildman–Crippen MR) is 109 cm³/mol. The number of halogens is 1. The van der Waals surface area contributed by atoms with Gasteiger partial charge in [-0.25, -0.2) is 13.9 Å². The lowest BCUT2D eigenvalue weighted by molar-refractivity contribution is -0.108. The Labute approximate surface area is 167 Å². The maximum absolute atomic E-state index is 13.7. The number of benzene rings is 1. The molecule has 29 heavy (non-hydrogen) atoms. The molecule has 0 fully saturated rings. The van der Waals surface area contributed by atoms with E-state index < -0.39 is 0 Å². The molecule has 1 amide bonds. The van der Waals surface area contributed by atoms with Crippen LogP contribution in [0.25, 0.3) is 16.9 Å². The number of ether oxygens (including phenoxy) is 1. The summed E-state index contributed by atoms with van der Waals surface area (Å²) in [7, 11) is 1.43. The van der Waals surface area contributed by atoms with Gasteiger partial charge in [0.1, 0.15) is 11.6 Å². The van der Waals surface area contributed by atoms with Gasteiger partial charge >= 0.3 is 0 Å². The number of carbonyl (C=O) groups excluding carboxylic acids is 1. The topological polar surface area (TPSA) is 121 Å². The monoisotopic (exact) mass is 398 g/mol. The van der Waals surface area contributed by atoms with Crippen molar-refractivity contribution < 1.29 is 13.9 Å². The molecule has 0 atom stereocenters. The molecule has 0 unspecified atom stereocenters. The number of hydrogen-bond acceptors (Lipinski definition) is 6. The van der Waals surface area contributed by atoms with E-state index in [1.54, 1.807) is 28.8 Å². The number of nitrogens with one attached hydrogen (secondary N) is 1. The normalized spacial score (nSPS) is 11.6. The Morgan fingerprint density at radius 3 is 2.55 bits per heavy atom. The SMILES string of the molecule is CO/C(N)=C/C=C(\N)NC=O.Cc1nc2ccc(-c3ccccc3F)nn2c1C. The molecule has 0 aliphatic carbocycles. The molecule has 0 bridgehead atoms. The fraction of sp³-hybridized carbons (Fsp3) is 0.150. The molecule has 0 saturated carbocycles. The smallest absolute Gasteiger partial charge is 0.212 e. The third-order valence-corrected chi connectivity index (χ3v) is 3.98. The van der Waals surface area contributed by atoms with Crippen LogP contribution in [0.5, 0.6) is 0 Å². The summed E-state index contributed by atoms with van der Waals surface area (Å²) in [5, 5.41) is 6.67. The molecule has 0 aliphatic rings. The molecule has 1 aromatic carbocycles. The molecule has 9 heteroatoms. The fourth-order valence-electron chi connectivity index (χ4n) is 2.32. The Kier molecular flexibility index (Phi) is 7.30. The van der Waals surface area contributed by atoms with E-state index in [0.717, 1.165) is 17.0 Å². The van der Waals surface area contributed by atoms with Crippen LogP contribution in [-0.2, 0) is 9.53 Å². The number of carbonyl (C=O) groups is 1. The van der Waals surface area contributed by atoms with E-state index in [-0.39, 0.29) is 17.5 Å². The summed E-state index contributed by atoms with van der Waals surface area (Å²) in [5.74, 6) is 0.166. The van der Waals surface area contributed by atoms with Crippen LogP contribution in [-0.4, -0.2) is 28.1 Å². The molecule has 152 valence electrons. The van der Waals surface area contributed by atoms with E-state index in [4.69, 9.17) is 11.5 Å². The van der Waals surface area contributed by atoms with Crippen molar-refractivity contribution in [1.29, 1.82) is 0 Å². The zero-order valence-electron chi connectivity index (χ0n) is 16.4. The molecule has 0 radical (unpaired) electrons. The van der Waals surface area contributed by atoms with Crippen molar-refractivity contribution in [1.82, 2.24) is 19.9 Å². The van der Waals surface area contributed by atoms with Gasteiger partial charge < -0.3 is 21.5 Å². The minimum absolute atomic E-state index is 0.208. The third kappa shape index (κ3) is 5.55. The van der Waals surface area contributed by atoms with E-state index in [2.05, 4.69) is 20.1 Å². The van der Waals surface area contributed by atoms with Crippen LogP contribution in [0.15, 0.2) is 60.3 Å². The molecule has 3 rings (SSSR count). The first-order chi connectivity index (χ1) is 13.9. The zero-order valence-corrected chi connectivity index (χ0v) is 16.4. The van der Waals surface area contributed by atoms with Gasteiger partial charge in [-0.05, 0) is 44.2 Å². The summed E-state index contributed by atoms with van der Waals surface area (Å²) >= 11 is 0. The number of amides is 1. The van der Waals surface area contributed by atoms with Crippen LogP contribution in [0.1, 0.15) is 11.4 Å². The number of methoxy groups -OCH3 is 1. The van der Waals surface area contributed by atoms with Crippen LogP contribution in [0.3, 0.4) is 0 Å². The molecule has 0 aliphatic heterocycles. The van der Waals surface area contributed by atoms with Crippen molar-refractivity contribution >= 4 is 12.1 Å². The lowest BCUT2D eigenvalue weighted by Gasteiger charge is -2.03. The number of nitrogens with two attached hydrogens (primary N) is 2. The molecule has 8 nitrogen and oxygen atoms in total. The van der Waals surface area contributed by atoms with Crippen LogP contribution in [0.4, 0.5) is 4.39 Å². The predicted octanol–water partition coefficient (Wildman–Crippen LogP) is 2.13. The zero-order chi connectivity index (χ0) is 21.4. The Morgan fingerprint density at radius 1 is 1.17 bits per heavy atom. The van der Waals surface area contributed by atoms with Crippen molar-refractivity contribution in [2.24, 2.45) is 11.5 Å². The maximum atomic E-state index is 13.7. The second kappa shape index (κ2) is 9.88. The van der Waals surface area contributed by atoms with Gasteiger partial charge in [-0.1, -0.05) is 12.1 Å². The maximum Gasteiger partial charge on any atom is 0.212 e. The van der Waals surface area contributed by atoms with Gasteiger partial charge in [-0.2, -0.15) is 5.10 Å². The quantitative estimate of drug-likeness (QED) is 0.344. The summed E-state index contributed by atoms with van der Waals surface area (Å²) in [5.41, 5.74) is 14.3. The highest BCUT2D eigenvalue weighted by atomic mass is 19.1. The van der Waals surface area contributed by atoms with Crippen LogP contribution in [0.2, 0.25) is 0 Å². The first kappa shape index (κ1) is 21.4. The number of fused-ring (bicyclic) bond motifs is 1. The minimum Gasteiger partial charge on any atom is -0.483 e. The summed E-state index contributed by atoms with van der Waals surface area (Å²) in [6, 6.07) is 10.3. The number of allylic oxidation sites excluding steroid dienone is 2. The molecule has 2 heterocycles. The Bertz CT molecular complexity index is 1060. The summed E-state index contributed by atoms with van der Waals surface area (Å²) in [6.07, 6.45) is 3.34. The molecule has 2 aromatic heterocycles. The summed E-state index contributed by atoms with van der Waals surface area (Å²) < 4.78 is 20.1. The first-order valence-electron chi connectivity index (χ1n) is 8.62. The van der Waals surface area contributed by atoms with E-state index in [1.807, 2.05) is 19.9 Å². The first-order valence-corrected chi connectivity index (χ1v) is 8.62. The van der Waals surface area contributed by atoms with Crippen molar-refractivity contribution in [3.05, 3.63) is 77.5 Å². The van der Waals surface area contributed by atoms with E-state index in [9.17, 15) is 9.18 Å². The highest BCUT2D eigenvalue weighted by molar-refractivity contribution is 5.61.